The van der Waals surface area contributed by atoms with Gasteiger partial charge in [-0.05, 0) is 61.6 Å². The number of fused-ring (bicyclic) bond motifs is 1. The number of aromatic nitrogens is 1. The van der Waals surface area contributed by atoms with Crippen LogP contribution in [0, 0.1) is 11.8 Å². The Balaban J connectivity index is 1.34. The summed E-state index contributed by atoms with van der Waals surface area (Å²) in [6.45, 7) is 2.35. The fourth-order valence-corrected chi connectivity index (χ4v) is 5.72. The van der Waals surface area contributed by atoms with E-state index >= 15 is 0 Å². The predicted octanol–water partition coefficient (Wildman–Crippen LogP) is 4.87. The number of pyridine rings is 1. The predicted molar refractivity (Wildman–Crippen MR) is 135 cm³/mol. The minimum absolute atomic E-state index is 0.0628. The molecule has 2 N–H and O–H groups in total. The number of hydrogen-bond acceptors (Lipinski definition) is 6. The van der Waals surface area contributed by atoms with Gasteiger partial charge in [0.2, 0.25) is 0 Å². The number of aliphatic carboxylic acids is 1. The molecule has 1 saturated heterocycles. The van der Waals surface area contributed by atoms with Crippen molar-refractivity contribution in [3.8, 4) is 5.75 Å². The van der Waals surface area contributed by atoms with Crippen LogP contribution in [0.15, 0.2) is 65.7 Å². The number of aliphatic hydroxyl groups excluding tert-OH is 1. The highest BCUT2D eigenvalue weighted by molar-refractivity contribution is 7.99. The molecule has 1 fully saturated rings. The number of thioether (sulfide) groups is 1. The summed E-state index contributed by atoms with van der Waals surface area (Å²) in [5.41, 5.74) is 1.62. The molecule has 1 aromatic heterocycles. The van der Waals surface area contributed by atoms with E-state index in [0.29, 0.717) is 25.1 Å². The maximum Gasteiger partial charge on any atom is 0.308 e. The number of ether oxygens (including phenoxy) is 1. The smallest absolute Gasteiger partial charge is 0.308 e. The minimum atomic E-state index is -0.737. The third-order valence-corrected chi connectivity index (χ3v) is 7.71. The van der Waals surface area contributed by atoms with Crippen LogP contribution in [0.3, 0.4) is 0 Å². The van der Waals surface area contributed by atoms with Crippen LogP contribution >= 0.6 is 11.8 Å². The second-order valence-electron chi connectivity index (χ2n) is 8.84. The van der Waals surface area contributed by atoms with Crippen LogP contribution in [-0.4, -0.2) is 58.6 Å². The molecule has 3 atom stereocenters. The van der Waals surface area contributed by atoms with Gasteiger partial charge in [0.05, 0.1) is 30.8 Å². The molecule has 2 aromatic carbocycles. The third kappa shape index (κ3) is 6.09. The van der Waals surface area contributed by atoms with Crippen LogP contribution in [0.1, 0.15) is 30.9 Å². The molecule has 3 aromatic rings. The van der Waals surface area contributed by atoms with Crippen LogP contribution < -0.4 is 4.74 Å². The number of methoxy groups -OCH3 is 1. The lowest BCUT2D eigenvalue weighted by Gasteiger charge is -2.37. The Bertz CT molecular complexity index is 1090. The summed E-state index contributed by atoms with van der Waals surface area (Å²) in [6.07, 6.45) is 3.03. The first-order chi connectivity index (χ1) is 16.5. The number of carboxylic acid groups (broad SMARTS) is 1. The van der Waals surface area contributed by atoms with Gasteiger partial charge in [-0.1, -0.05) is 30.3 Å². The molecule has 0 bridgehead atoms. The van der Waals surface area contributed by atoms with E-state index in [-0.39, 0.29) is 5.92 Å². The van der Waals surface area contributed by atoms with Gasteiger partial charge in [0.15, 0.2) is 0 Å². The standard InChI is InChI=1S/C27H32N2O4S/c1-33-20-16-23-22(8-5-9-25(23)28-17-20)26(30)11-10-19-12-13-29(18-24(19)27(31)32)14-15-34-21-6-3-2-4-7-21/h2-9,16-17,19,24,26,30H,10-15,18H2,1H3,(H,31,32)/t19-,24+,26+/m1/s1. The van der Waals surface area contributed by atoms with Gasteiger partial charge in [-0.15, -0.1) is 11.8 Å². The monoisotopic (exact) mass is 480 g/mol. The minimum Gasteiger partial charge on any atom is -0.495 e. The van der Waals surface area contributed by atoms with Gasteiger partial charge in [0, 0.05) is 29.1 Å². The number of carboxylic acids is 1. The molecule has 0 saturated carbocycles. The van der Waals surface area contributed by atoms with E-state index in [0.717, 1.165) is 41.7 Å². The highest BCUT2D eigenvalue weighted by Crippen LogP contribution is 2.34. The molecule has 0 spiro atoms. The molecule has 1 aliphatic heterocycles. The van der Waals surface area contributed by atoms with Gasteiger partial charge in [-0.25, -0.2) is 0 Å². The molecular weight excluding hydrogens is 448 g/mol. The first kappa shape index (κ1) is 24.5. The third-order valence-electron chi connectivity index (χ3n) is 6.72. The van der Waals surface area contributed by atoms with Crippen LogP contribution in [0.2, 0.25) is 0 Å². The van der Waals surface area contributed by atoms with Crippen molar-refractivity contribution in [2.45, 2.75) is 30.3 Å². The average molecular weight is 481 g/mol. The van der Waals surface area contributed by atoms with Crippen LogP contribution in [0.25, 0.3) is 10.9 Å². The number of hydrogen-bond donors (Lipinski definition) is 2. The van der Waals surface area contributed by atoms with E-state index in [2.05, 4.69) is 22.0 Å². The van der Waals surface area contributed by atoms with Crippen molar-refractivity contribution in [1.29, 1.82) is 0 Å². The number of piperidine rings is 1. The Morgan fingerprint density at radius 3 is 2.82 bits per heavy atom. The maximum atomic E-state index is 12.0. The molecule has 7 heteroatoms. The maximum absolute atomic E-state index is 12.0. The van der Waals surface area contributed by atoms with Gasteiger partial charge >= 0.3 is 5.97 Å². The first-order valence-corrected chi connectivity index (χ1v) is 12.8. The summed E-state index contributed by atoms with van der Waals surface area (Å²) in [4.78, 5) is 20.0. The quantitative estimate of drug-likeness (QED) is 0.401. The zero-order valence-electron chi connectivity index (χ0n) is 19.5. The molecule has 6 nitrogen and oxygen atoms in total. The van der Waals surface area contributed by atoms with E-state index < -0.39 is 18.0 Å². The van der Waals surface area contributed by atoms with E-state index in [1.807, 2.05) is 42.5 Å². The van der Waals surface area contributed by atoms with Gasteiger partial charge in [0.1, 0.15) is 5.75 Å². The van der Waals surface area contributed by atoms with Crippen LogP contribution in [-0.2, 0) is 4.79 Å². The summed E-state index contributed by atoms with van der Waals surface area (Å²) in [6, 6.07) is 17.9. The highest BCUT2D eigenvalue weighted by atomic mass is 32.2. The van der Waals surface area contributed by atoms with E-state index in [9.17, 15) is 15.0 Å². The molecule has 2 heterocycles. The summed E-state index contributed by atoms with van der Waals surface area (Å²) in [5.74, 6) is 0.512. The summed E-state index contributed by atoms with van der Waals surface area (Å²) in [5, 5.41) is 21.7. The number of benzene rings is 2. The Labute approximate surface area is 205 Å². The second kappa shape index (κ2) is 11.7. The Morgan fingerprint density at radius 2 is 2.06 bits per heavy atom. The van der Waals surface area contributed by atoms with Crippen molar-refractivity contribution < 1.29 is 19.7 Å². The zero-order chi connectivity index (χ0) is 23.9. The molecule has 0 aliphatic carbocycles. The fraction of sp³-hybridized carbons (Fsp3) is 0.407. The number of carbonyl (C=O) groups is 1. The van der Waals surface area contributed by atoms with Gasteiger partial charge in [-0.3, -0.25) is 9.78 Å². The molecule has 0 radical (unpaired) electrons. The van der Waals surface area contributed by atoms with Crippen LogP contribution in [0.4, 0.5) is 0 Å². The average Bonchev–Trinajstić information content (AvgIpc) is 2.87. The normalized spacial score (nSPS) is 19.7. The Morgan fingerprint density at radius 1 is 1.24 bits per heavy atom. The Hall–Kier alpha value is -2.61. The van der Waals surface area contributed by atoms with E-state index in [1.54, 1.807) is 25.1 Å². The van der Waals surface area contributed by atoms with Gasteiger partial charge < -0.3 is 19.8 Å². The van der Waals surface area contributed by atoms with Crippen LogP contribution in [0.5, 0.6) is 5.75 Å². The molecular formula is C27H32N2O4S. The molecule has 34 heavy (non-hydrogen) atoms. The van der Waals surface area contributed by atoms with E-state index in [4.69, 9.17) is 4.74 Å². The number of nitrogens with zero attached hydrogens (tertiary/aromatic N) is 2. The lowest BCUT2D eigenvalue weighted by molar-refractivity contribution is -0.146. The van der Waals surface area contributed by atoms with Crippen molar-refractivity contribution in [3.63, 3.8) is 0 Å². The van der Waals surface area contributed by atoms with Gasteiger partial charge in [-0.2, -0.15) is 0 Å². The van der Waals surface area contributed by atoms with Crippen molar-refractivity contribution in [2.24, 2.45) is 11.8 Å². The van der Waals surface area contributed by atoms with Crippen molar-refractivity contribution in [3.05, 3.63) is 66.4 Å². The molecule has 0 unspecified atom stereocenters. The lowest BCUT2D eigenvalue weighted by atomic mass is 9.81. The SMILES string of the molecule is COc1cnc2cccc([C@@H](O)CC[C@@H]3CCN(CCSc4ccccc4)C[C@@H]3C(=O)O)c2c1. The topological polar surface area (TPSA) is 82.9 Å². The van der Waals surface area contributed by atoms with Gasteiger partial charge in [0.25, 0.3) is 0 Å². The second-order valence-corrected chi connectivity index (χ2v) is 10.0. The first-order valence-electron chi connectivity index (χ1n) is 11.8. The fourth-order valence-electron chi connectivity index (χ4n) is 4.79. The van der Waals surface area contributed by atoms with Crippen molar-refractivity contribution in [2.75, 3.05) is 32.5 Å². The number of aliphatic hydroxyl groups is 1. The highest BCUT2D eigenvalue weighted by Gasteiger charge is 2.34. The summed E-state index contributed by atoms with van der Waals surface area (Å²) < 4.78 is 5.30. The van der Waals surface area contributed by atoms with Crippen molar-refractivity contribution in [1.82, 2.24) is 9.88 Å². The summed E-state index contributed by atoms with van der Waals surface area (Å²) >= 11 is 1.80. The summed E-state index contributed by atoms with van der Waals surface area (Å²) in [7, 11) is 1.60. The molecule has 1 aliphatic rings. The molecule has 0 amide bonds. The zero-order valence-corrected chi connectivity index (χ0v) is 20.3. The lowest BCUT2D eigenvalue weighted by Crippen LogP contribution is -2.44. The molecule has 180 valence electrons. The number of likely N-dealkylation sites (tertiary alicyclic amines) is 1. The number of rotatable bonds is 10. The largest absolute Gasteiger partial charge is 0.495 e. The molecule has 4 rings (SSSR count). The van der Waals surface area contributed by atoms with Crippen molar-refractivity contribution >= 4 is 28.6 Å². The Kier molecular flexibility index (Phi) is 8.43. The van der Waals surface area contributed by atoms with E-state index in [1.165, 1.54) is 4.90 Å².